The molecule has 104 valence electrons. The van der Waals surface area contributed by atoms with Crippen molar-refractivity contribution in [2.45, 2.75) is 32.0 Å². The minimum atomic E-state index is -0.610. The van der Waals surface area contributed by atoms with E-state index in [-0.39, 0.29) is 24.0 Å². The number of carbonyl (C=O) groups excluding carboxylic acids is 2. The van der Waals surface area contributed by atoms with Gasteiger partial charge in [0.2, 0.25) is 0 Å². The Bertz CT molecular complexity index is 432. The number of fused-ring (bicyclic) bond motifs is 1. The molecule has 2 saturated carbocycles. The van der Waals surface area contributed by atoms with Crippen molar-refractivity contribution in [1.29, 1.82) is 0 Å². The second kappa shape index (κ2) is 4.34. The summed E-state index contributed by atoms with van der Waals surface area (Å²) in [6, 6.07) is 0. The molecule has 0 aromatic heterocycles. The molecule has 2 bridgehead atoms. The van der Waals surface area contributed by atoms with Crippen molar-refractivity contribution in [3.05, 3.63) is 12.7 Å². The van der Waals surface area contributed by atoms with Crippen molar-refractivity contribution in [2.75, 3.05) is 13.2 Å². The summed E-state index contributed by atoms with van der Waals surface area (Å²) in [7, 11) is 0. The van der Waals surface area contributed by atoms with E-state index in [1.54, 1.807) is 0 Å². The summed E-state index contributed by atoms with van der Waals surface area (Å²) in [6.45, 7) is 5.82. The molecule has 19 heavy (non-hydrogen) atoms. The van der Waals surface area contributed by atoms with Gasteiger partial charge in [0.05, 0.1) is 12.7 Å². The number of rotatable bonds is 4. The Hall–Kier alpha value is -1.36. The second-order valence-corrected chi connectivity index (χ2v) is 5.90. The first-order chi connectivity index (χ1) is 9.04. The van der Waals surface area contributed by atoms with Crippen LogP contribution in [0.25, 0.3) is 0 Å². The Morgan fingerprint density at radius 1 is 1.53 bits per heavy atom. The second-order valence-electron chi connectivity index (χ2n) is 5.90. The highest BCUT2D eigenvalue weighted by molar-refractivity contribution is 5.83. The Morgan fingerprint density at radius 3 is 3.05 bits per heavy atom. The molecular weight excluding hydrogens is 248 g/mol. The Balaban J connectivity index is 1.58. The van der Waals surface area contributed by atoms with Crippen LogP contribution in [0.1, 0.15) is 19.8 Å². The van der Waals surface area contributed by atoms with Crippen LogP contribution in [0.2, 0.25) is 0 Å². The molecule has 0 amide bonds. The average molecular weight is 266 g/mol. The van der Waals surface area contributed by atoms with E-state index in [1.807, 2.05) is 0 Å². The van der Waals surface area contributed by atoms with Crippen molar-refractivity contribution in [3.8, 4) is 0 Å². The van der Waals surface area contributed by atoms with Crippen LogP contribution in [0.15, 0.2) is 12.7 Å². The van der Waals surface area contributed by atoms with E-state index in [1.165, 1.54) is 0 Å². The van der Waals surface area contributed by atoms with Gasteiger partial charge in [-0.05, 0) is 18.8 Å². The van der Waals surface area contributed by atoms with Crippen LogP contribution in [0, 0.1) is 17.3 Å². The van der Waals surface area contributed by atoms with Crippen molar-refractivity contribution >= 4 is 11.9 Å². The van der Waals surface area contributed by atoms with E-state index >= 15 is 0 Å². The Kier molecular flexibility index (Phi) is 2.89. The maximum absolute atomic E-state index is 11.7. The lowest BCUT2D eigenvalue weighted by Crippen LogP contribution is -2.39. The molecule has 5 atom stereocenters. The summed E-state index contributed by atoms with van der Waals surface area (Å²) in [5.41, 5.74) is 0.160. The number of hydrogen-bond acceptors (Lipinski definition) is 5. The molecule has 3 rings (SSSR count). The quantitative estimate of drug-likeness (QED) is 0.562. The third-order valence-corrected chi connectivity index (χ3v) is 4.91. The molecule has 2 aliphatic carbocycles. The molecule has 0 radical (unpaired) electrons. The fourth-order valence-electron chi connectivity index (χ4n) is 3.98. The minimum absolute atomic E-state index is 0.0846. The summed E-state index contributed by atoms with van der Waals surface area (Å²) in [5.74, 6) is -0.419. The third kappa shape index (κ3) is 1.87. The molecule has 5 heteroatoms. The van der Waals surface area contributed by atoms with Gasteiger partial charge in [0.1, 0.15) is 6.10 Å². The first kappa shape index (κ1) is 12.7. The summed E-state index contributed by atoms with van der Waals surface area (Å²) in [6.07, 6.45) is 3.31. The topological polar surface area (TPSA) is 61.8 Å². The Morgan fingerprint density at radius 2 is 2.32 bits per heavy atom. The van der Waals surface area contributed by atoms with Crippen LogP contribution in [-0.2, 0) is 23.8 Å². The SMILES string of the molecule is C=CC(=O)OCC(=O)OC1C2CC3OCC1C3(C)C2. The van der Waals surface area contributed by atoms with E-state index in [9.17, 15) is 9.59 Å². The monoisotopic (exact) mass is 266 g/mol. The third-order valence-electron chi connectivity index (χ3n) is 4.91. The first-order valence-electron chi connectivity index (χ1n) is 6.65. The highest BCUT2D eigenvalue weighted by atomic mass is 16.6. The number of ether oxygens (including phenoxy) is 3. The van der Waals surface area contributed by atoms with Gasteiger partial charge in [-0.15, -0.1) is 0 Å². The fourth-order valence-corrected chi connectivity index (χ4v) is 3.98. The summed E-state index contributed by atoms with van der Waals surface area (Å²) < 4.78 is 16.0. The smallest absolute Gasteiger partial charge is 0.344 e. The summed E-state index contributed by atoms with van der Waals surface area (Å²) >= 11 is 0. The molecule has 5 nitrogen and oxygen atoms in total. The zero-order valence-electron chi connectivity index (χ0n) is 11.0. The highest BCUT2D eigenvalue weighted by Gasteiger charge is 2.65. The Labute approximate surface area is 111 Å². The maximum Gasteiger partial charge on any atom is 0.344 e. The van der Waals surface area contributed by atoms with Gasteiger partial charge in [0.15, 0.2) is 6.61 Å². The molecule has 3 aliphatic rings. The first-order valence-corrected chi connectivity index (χ1v) is 6.65. The highest BCUT2D eigenvalue weighted by Crippen LogP contribution is 2.62. The number of hydrogen-bond donors (Lipinski definition) is 0. The lowest BCUT2D eigenvalue weighted by molar-refractivity contribution is -0.164. The molecule has 1 heterocycles. The lowest BCUT2D eigenvalue weighted by Gasteiger charge is -2.32. The number of carbonyl (C=O) groups is 2. The van der Waals surface area contributed by atoms with Crippen LogP contribution in [0.3, 0.4) is 0 Å². The van der Waals surface area contributed by atoms with Gasteiger partial charge in [-0.1, -0.05) is 13.5 Å². The molecule has 0 aromatic rings. The minimum Gasteiger partial charge on any atom is -0.459 e. The predicted molar refractivity (Wildman–Crippen MR) is 65.1 cm³/mol. The summed E-state index contributed by atoms with van der Waals surface area (Å²) in [4.78, 5) is 22.6. The van der Waals surface area contributed by atoms with E-state index < -0.39 is 11.9 Å². The molecule has 0 N–H and O–H groups in total. The lowest BCUT2D eigenvalue weighted by atomic mass is 9.76. The molecule has 1 aliphatic heterocycles. The van der Waals surface area contributed by atoms with E-state index in [2.05, 4.69) is 18.2 Å². The van der Waals surface area contributed by atoms with E-state index in [0.29, 0.717) is 18.6 Å². The van der Waals surface area contributed by atoms with Crippen LogP contribution >= 0.6 is 0 Å². The zero-order valence-corrected chi connectivity index (χ0v) is 11.0. The van der Waals surface area contributed by atoms with Gasteiger partial charge in [-0.2, -0.15) is 0 Å². The van der Waals surface area contributed by atoms with Gasteiger partial charge >= 0.3 is 11.9 Å². The maximum atomic E-state index is 11.7. The largest absolute Gasteiger partial charge is 0.459 e. The molecular formula is C14H18O5. The average Bonchev–Trinajstić information content (AvgIpc) is 2.88. The van der Waals surface area contributed by atoms with Gasteiger partial charge in [0.25, 0.3) is 0 Å². The summed E-state index contributed by atoms with van der Waals surface area (Å²) in [5, 5.41) is 0. The molecule has 5 unspecified atom stereocenters. The standard InChI is InChI=1S/C14H18O5/c1-3-11(15)18-7-12(16)19-13-8-4-10-14(2,5-8)9(13)6-17-10/h3,8-10,13H,1,4-7H2,2H3. The van der Waals surface area contributed by atoms with E-state index in [4.69, 9.17) is 9.47 Å². The fraction of sp³-hybridized carbons (Fsp3) is 0.714. The van der Waals surface area contributed by atoms with Gasteiger partial charge in [-0.25, -0.2) is 9.59 Å². The zero-order chi connectivity index (χ0) is 13.6. The van der Waals surface area contributed by atoms with Crippen LogP contribution in [-0.4, -0.2) is 37.4 Å². The van der Waals surface area contributed by atoms with Crippen LogP contribution in [0.4, 0.5) is 0 Å². The van der Waals surface area contributed by atoms with Crippen LogP contribution in [0.5, 0.6) is 0 Å². The molecule has 0 aromatic carbocycles. The molecule has 3 fully saturated rings. The molecule has 0 spiro atoms. The van der Waals surface area contributed by atoms with Crippen molar-refractivity contribution < 1.29 is 23.8 Å². The van der Waals surface area contributed by atoms with Crippen LogP contribution < -0.4 is 0 Å². The van der Waals surface area contributed by atoms with Gasteiger partial charge < -0.3 is 14.2 Å². The predicted octanol–water partition coefficient (Wildman–Crippen LogP) is 1.07. The molecule has 1 saturated heterocycles. The van der Waals surface area contributed by atoms with Crippen molar-refractivity contribution in [1.82, 2.24) is 0 Å². The van der Waals surface area contributed by atoms with Gasteiger partial charge in [-0.3, -0.25) is 0 Å². The van der Waals surface area contributed by atoms with Crippen molar-refractivity contribution in [2.24, 2.45) is 17.3 Å². The van der Waals surface area contributed by atoms with Gasteiger partial charge in [0, 0.05) is 17.4 Å². The van der Waals surface area contributed by atoms with Crippen molar-refractivity contribution in [3.63, 3.8) is 0 Å². The van der Waals surface area contributed by atoms with E-state index in [0.717, 1.165) is 18.9 Å². The number of esters is 2. The normalized spacial score (nSPS) is 42.2.